The molecule has 2 heteroatoms. The Labute approximate surface area is 67.8 Å². The van der Waals surface area contributed by atoms with Crippen LogP contribution in [0, 0.1) is 0 Å². The van der Waals surface area contributed by atoms with Crippen LogP contribution in [0.5, 0.6) is 0 Å². The molecular weight excluding hydrogens is 138 g/mol. The number of rotatable bonds is 5. The predicted octanol–water partition coefficient (Wildman–Crippen LogP) is 1.77. The smallest absolute Gasteiger partial charge is 0.217 e. The molecule has 62 valence electrons. The van der Waals surface area contributed by atoms with Crippen LogP contribution in [0.4, 0.5) is 0 Å². The number of carbonyl (C=O) groups is 1. The number of carbonyl (C=O) groups excluding carboxylic acids is 1. The molecule has 11 heavy (non-hydrogen) atoms. The molecule has 0 heterocycles. The van der Waals surface area contributed by atoms with Crippen molar-refractivity contribution in [1.29, 1.82) is 0 Å². The third-order valence-corrected chi connectivity index (χ3v) is 1.52. The van der Waals surface area contributed by atoms with Crippen molar-refractivity contribution in [2.24, 2.45) is 5.73 Å². The fraction of sp³-hybridized carbons (Fsp3) is 0.444. The van der Waals surface area contributed by atoms with Crippen LogP contribution in [0.25, 0.3) is 0 Å². The first kappa shape index (κ1) is 9.95. The third-order valence-electron chi connectivity index (χ3n) is 1.52. The van der Waals surface area contributed by atoms with Gasteiger partial charge in [0.15, 0.2) is 0 Å². The Morgan fingerprint density at radius 3 is 2.55 bits per heavy atom. The zero-order valence-electron chi connectivity index (χ0n) is 6.97. The summed E-state index contributed by atoms with van der Waals surface area (Å²) in [4.78, 5) is 10.3. The van der Waals surface area contributed by atoms with Crippen molar-refractivity contribution >= 4 is 5.91 Å². The van der Waals surface area contributed by atoms with Gasteiger partial charge in [0.25, 0.3) is 0 Å². The lowest BCUT2D eigenvalue weighted by molar-refractivity contribution is -0.118. The molecule has 0 saturated carbocycles. The van der Waals surface area contributed by atoms with E-state index in [9.17, 15) is 4.79 Å². The van der Waals surface area contributed by atoms with Gasteiger partial charge in [-0.15, -0.1) is 0 Å². The van der Waals surface area contributed by atoms with Gasteiger partial charge in [-0.05, 0) is 19.8 Å². The lowest BCUT2D eigenvalue weighted by Gasteiger charge is -1.98. The average Bonchev–Trinajstić information content (AvgIpc) is 1.98. The van der Waals surface area contributed by atoms with Crippen LogP contribution in [0.15, 0.2) is 24.3 Å². The molecule has 0 aliphatic heterocycles. The molecule has 0 radical (unpaired) electrons. The molecule has 0 spiro atoms. The highest BCUT2D eigenvalue weighted by atomic mass is 16.1. The van der Waals surface area contributed by atoms with Gasteiger partial charge in [-0.25, -0.2) is 0 Å². The van der Waals surface area contributed by atoms with Crippen molar-refractivity contribution < 1.29 is 4.79 Å². The molecule has 0 fully saturated rings. The van der Waals surface area contributed by atoms with E-state index in [0.717, 1.165) is 12.8 Å². The lowest BCUT2D eigenvalue weighted by atomic mass is 10.1. The Bertz CT molecular complexity index is 170. The van der Waals surface area contributed by atoms with Crippen LogP contribution in [0.2, 0.25) is 0 Å². The molecule has 0 saturated heterocycles. The van der Waals surface area contributed by atoms with Crippen LogP contribution < -0.4 is 5.73 Å². The molecule has 2 N–H and O–H groups in total. The normalized spacial score (nSPS) is 11.2. The van der Waals surface area contributed by atoms with E-state index in [2.05, 4.69) is 6.58 Å². The molecule has 0 unspecified atom stereocenters. The number of allylic oxidation sites excluding steroid dienone is 3. The second-order valence-corrected chi connectivity index (χ2v) is 2.39. The van der Waals surface area contributed by atoms with Gasteiger partial charge < -0.3 is 5.73 Å². The minimum atomic E-state index is -0.232. The van der Waals surface area contributed by atoms with Crippen molar-refractivity contribution in [3.63, 3.8) is 0 Å². The first-order chi connectivity index (χ1) is 5.20. The summed E-state index contributed by atoms with van der Waals surface area (Å²) in [5.41, 5.74) is 6.15. The maximum atomic E-state index is 10.3. The summed E-state index contributed by atoms with van der Waals surface area (Å²) in [6.45, 7) is 5.60. The molecule has 0 rings (SSSR count). The Kier molecular flexibility index (Phi) is 5.17. The molecule has 0 aromatic rings. The lowest BCUT2D eigenvalue weighted by Crippen LogP contribution is -2.09. The van der Waals surface area contributed by atoms with E-state index in [1.54, 1.807) is 6.08 Å². The van der Waals surface area contributed by atoms with E-state index in [4.69, 9.17) is 5.73 Å². The maximum absolute atomic E-state index is 10.3. The molecule has 0 bridgehead atoms. The summed E-state index contributed by atoms with van der Waals surface area (Å²) in [7, 11) is 0. The number of hydrogen-bond acceptors (Lipinski definition) is 1. The first-order valence-corrected chi connectivity index (χ1v) is 3.76. The van der Waals surface area contributed by atoms with Gasteiger partial charge >= 0.3 is 0 Å². The van der Waals surface area contributed by atoms with Crippen molar-refractivity contribution in [2.45, 2.75) is 26.2 Å². The van der Waals surface area contributed by atoms with Crippen LogP contribution >= 0.6 is 0 Å². The number of primary amides is 1. The van der Waals surface area contributed by atoms with E-state index >= 15 is 0 Å². The molecule has 0 atom stereocenters. The SMILES string of the molecule is C=C/C(=C\C)CCCC(N)=O. The Balaban J connectivity index is 3.53. The second-order valence-electron chi connectivity index (χ2n) is 2.39. The molecule has 0 aliphatic rings. The molecule has 2 nitrogen and oxygen atoms in total. The van der Waals surface area contributed by atoms with Crippen molar-refractivity contribution in [3.8, 4) is 0 Å². The van der Waals surface area contributed by atoms with Crippen LogP contribution in [-0.2, 0) is 4.79 Å². The van der Waals surface area contributed by atoms with Gasteiger partial charge in [-0.3, -0.25) is 4.79 Å². The predicted molar refractivity (Wildman–Crippen MR) is 47.0 cm³/mol. The van der Waals surface area contributed by atoms with Gasteiger partial charge in [-0.1, -0.05) is 24.3 Å². The highest BCUT2D eigenvalue weighted by molar-refractivity contribution is 5.73. The Morgan fingerprint density at radius 2 is 2.18 bits per heavy atom. The molecule has 1 amide bonds. The van der Waals surface area contributed by atoms with Crippen molar-refractivity contribution in [2.75, 3.05) is 0 Å². The van der Waals surface area contributed by atoms with E-state index in [0.29, 0.717) is 6.42 Å². The topological polar surface area (TPSA) is 43.1 Å². The van der Waals surface area contributed by atoms with E-state index < -0.39 is 0 Å². The van der Waals surface area contributed by atoms with E-state index in [1.807, 2.05) is 13.0 Å². The van der Waals surface area contributed by atoms with E-state index in [1.165, 1.54) is 5.57 Å². The summed E-state index contributed by atoms with van der Waals surface area (Å²) in [5, 5.41) is 0. The fourth-order valence-corrected chi connectivity index (χ4v) is 0.831. The molecule has 0 aromatic carbocycles. The quantitative estimate of drug-likeness (QED) is 0.601. The third kappa shape index (κ3) is 5.40. The van der Waals surface area contributed by atoms with Crippen LogP contribution in [-0.4, -0.2) is 5.91 Å². The highest BCUT2D eigenvalue weighted by Crippen LogP contribution is 2.07. The zero-order valence-corrected chi connectivity index (χ0v) is 6.97. The molecule has 0 aliphatic carbocycles. The number of amides is 1. The second kappa shape index (κ2) is 5.71. The number of hydrogen-bond donors (Lipinski definition) is 1. The minimum Gasteiger partial charge on any atom is -0.370 e. The fourth-order valence-electron chi connectivity index (χ4n) is 0.831. The first-order valence-electron chi connectivity index (χ1n) is 3.76. The monoisotopic (exact) mass is 153 g/mol. The Morgan fingerprint density at radius 1 is 1.55 bits per heavy atom. The van der Waals surface area contributed by atoms with Gasteiger partial charge in [0.1, 0.15) is 0 Å². The van der Waals surface area contributed by atoms with E-state index in [-0.39, 0.29) is 5.91 Å². The molecular formula is C9H15NO. The standard InChI is InChI=1S/C9H15NO/c1-3-8(4-2)6-5-7-9(10)11/h3-4H,1,5-7H2,2H3,(H2,10,11)/b8-4+. The highest BCUT2D eigenvalue weighted by Gasteiger charge is 1.94. The van der Waals surface area contributed by atoms with Gasteiger partial charge in [0, 0.05) is 6.42 Å². The van der Waals surface area contributed by atoms with Crippen molar-refractivity contribution in [1.82, 2.24) is 0 Å². The zero-order chi connectivity index (χ0) is 8.69. The molecule has 0 aromatic heterocycles. The van der Waals surface area contributed by atoms with Crippen molar-refractivity contribution in [3.05, 3.63) is 24.3 Å². The van der Waals surface area contributed by atoms with Gasteiger partial charge in [-0.2, -0.15) is 0 Å². The van der Waals surface area contributed by atoms with Crippen LogP contribution in [0.1, 0.15) is 26.2 Å². The largest absolute Gasteiger partial charge is 0.370 e. The number of nitrogens with two attached hydrogens (primary N) is 1. The summed E-state index contributed by atoms with van der Waals surface area (Å²) in [5.74, 6) is -0.232. The van der Waals surface area contributed by atoms with Gasteiger partial charge in [0.2, 0.25) is 5.91 Å². The summed E-state index contributed by atoms with van der Waals surface area (Å²) in [6, 6.07) is 0. The minimum absolute atomic E-state index is 0.232. The summed E-state index contributed by atoms with van der Waals surface area (Å²) < 4.78 is 0. The summed E-state index contributed by atoms with van der Waals surface area (Å²) >= 11 is 0. The average molecular weight is 153 g/mol. The van der Waals surface area contributed by atoms with Gasteiger partial charge in [0.05, 0.1) is 0 Å². The summed E-state index contributed by atoms with van der Waals surface area (Å²) in [6.07, 6.45) is 5.98. The Hall–Kier alpha value is -1.05. The maximum Gasteiger partial charge on any atom is 0.217 e. The van der Waals surface area contributed by atoms with Crippen LogP contribution in [0.3, 0.4) is 0 Å².